The van der Waals surface area contributed by atoms with E-state index in [0.29, 0.717) is 0 Å². The molecule has 4 N–H and O–H groups in total. The van der Waals surface area contributed by atoms with Crippen LogP contribution in [0.1, 0.15) is 35.2 Å². The van der Waals surface area contributed by atoms with Gasteiger partial charge in [0.05, 0.1) is 35.3 Å². The summed E-state index contributed by atoms with van der Waals surface area (Å²) in [4.78, 5) is 8.36. The molecule has 1 aliphatic rings. The zero-order valence-corrected chi connectivity index (χ0v) is 18.4. The van der Waals surface area contributed by atoms with E-state index in [0.717, 1.165) is 79.2 Å². The molecule has 162 valence electrons. The maximum absolute atomic E-state index is 6.15. The number of nitrogens with zero attached hydrogens (tertiary/aromatic N) is 3. The number of aromatic nitrogens is 5. The number of methoxy groups -OCH3 is 1. The molecule has 1 aromatic carbocycles. The molecule has 5 aromatic rings. The number of hydrogen-bond acceptors (Lipinski definition) is 6. The van der Waals surface area contributed by atoms with Crippen molar-refractivity contribution in [2.75, 3.05) is 7.11 Å². The van der Waals surface area contributed by atoms with E-state index in [9.17, 15) is 0 Å². The summed E-state index contributed by atoms with van der Waals surface area (Å²) in [6.07, 6.45) is 2.79. The van der Waals surface area contributed by atoms with Crippen molar-refractivity contribution < 1.29 is 9.26 Å². The number of aromatic amines is 2. The smallest absolute Gasteiger partial charge is 0.141 e. The monoisotopic (exact) mass is 428 g/mol. The topological polar surface area (TPSA) is 119 Å². The zero-order valence-electron chi connectivity index (χ0n) is 18.4. The molecule has 0 bridgehead atoms. The average molecular weight is 428 g/mol. The van der Waals surface area contributed by atoms with Gasteiger partial charge in [0.15, 0.2) is 0 Å². The van der Waals surface area contributed by atoms with Gasteiger partial charge in [-0.2, -0.15) is 5.10 Å². The first-order valence-corrected chi connectivity index (χ1v) is 10.7. The second-order valence-electron chi connectivity index (χ2n) is 8.62. The van der Waals surface area contributed by atoms with Gasteiger partial charge in [-0.15, -0.1) is 0 Å². The first-order chi connectivity index (χ1) is 15.5. The lowest BCUT2D eigenvalue weighted by Crippen LogP contribution is -2.02. The number of fused-ring (bicyclic) bond motifs is 3. The van der Waals surface area contributed by atoms with Gasteiger partial charge in [-0.1, -0.05) is 5.16 Å². The number of aryl methyl sites for hydroxylation is 3. The minimum atomic E-state index is 0.163. The molecule has 1 saturated carbocycles. The molecule has 0 radical (unpaired) electrons. The van der Waals surface area contributed by atoms with E-state index in [2.05, 4.69) is 32.5 Å². The Morgan fingerprint density at radius 1 is 1.16 bits per heavy atom. The highest BCUT2D eigenvalue weighted by Gasteiger charge is 2.39. The van der Waals surface area contributed by atoms with Gasteiger partial charge in [0.2, 0.25) is 0 Å². The van der Waals surface area contributed by atoms with E-state index in [1.54, 1.807) is 7.11 Å². The summed E-state index contributed by atoms with van der Waals surface area (Å²) in [5, 5.41) is 13.9. The average Bonchev–Trinajstić information content (AvgIpc) is 3.08. The van der Waals surface area contributed by atoms with Crippen LogP contribution in [0.15, 0.2) is 28.9 Å². The van der Waals surface area contributed by atoms with E-state index < -0.39 is 0 Å². The van der Waals surface area contributed by atoms with Crippen LogP contribution in [-0.4, -0.2) is 38.5 Å². The van der Waals surface area contributed by atoms with Crippen molar-refractivity contribution in [3.63, 3.8) is 0 Å². The Kier molecular flexibility index (Phi) is 3.98. The molecule has 2 unspecified atom stereocenters. The summed E-state index contributed by atoms with van der Waals surface area (Å²) in [7, 11) is 1.68. The van der Waals surface area contributed by atoms with Crippen LogP contribution in [0.3, 0.4) is 0 Å². The number of hydrogen-bond donors (Lipinski definition) is 3. The van der Waals surface area contributed by atoms with Crippen molar-refractivity contribution in [3.8, 4) is 28.1 Å². The molecule has 6 rings (SSSR count). The van der Waals surface area contributed by atoms with E-state index >= 15 is 0 Å². The fourth-order valence-corrected chi connectivity index (χ4v) is 4.84. The Morgan fingerprint density at radius 3 is 2.66 bits per heavy atom. The molecule has 8 heteroatoms. The normalized spacial score (nSPS) is 18.0. The highest BCUT2D eigenvalue weighted by Crippen LogP contribution is 2.46. The Hall–Kier alpha value is -3.65. The third kappa shape index (κ3) is 2.62. The lowest BCUT2D eigenvalue weighted by Gasteiger charge is -2.10. The van der Waals surface area contributed by atoms with Crippen LogP contribution < -0.4 is 10.5 Å². The van der Waals surface area contributed by atoms with Gasteiger partial charge in [-0.05, 0) is 45.4 Å². The molecule has 0 saturated heterocycles. The number of benzene rings is 1. The lowest BCUT2D eigenvalue weighted by atomic mass is 9.98. The molecular weight excluding hydrogens is 404 g/mol. The standard InChI is InChI=1S/C24H24N6O2/c1-10-21(23(29-28-10)13-7-16(13)25)24-22-14-9-19(31-4)15(20-11(2)30-32-12(20)3)8-18(14)27-17(22)5-6-26-24/h5-6,8-9,13,16,27H,7,25H2,1-4H3,(H,28,29). The van der Waals surface area contributed by atoms with Gasteiger partial charge in [0, 0.05) is 51.3 Å². The van der Waals surface area contributed by atoms with Crippen molar-refractivity contribution in [1.29, 1.82) is 0 Å². The number of pyridine rings is 1. The summed E-state index contributed by atoms with van der Waals surface area (Å²) < 4.78 is 11.2. The maximum atomic E-state index is 6.15. The van der Waals surface area contributed by atoms with Crippen LogP contribution in [0.25, 0.3) is 44.2 Å². The molecule has 2 atom stereocenters. The largest absolute Gasteiger partial charge is 0.496 e. The summed E-state index contributed by atoms with van der Waals surface area (Å²) in [6.45, 7) is 5.89. The molecule has 8 nitrogen and oxygen atoms in total. The van der Waals surface area contributed by atoms with Crippen molar-refractivity contribution in [1.82, 2.24) is 25.3 Å². The number of H-pyrrole nitrogens is 2. The first kappa shape index (κ1) is 19.1. The maximum Gasteiger partial charge on any atom is 0.141 e. The minimum absolute atomic E-state index is 0.163. The van der Waals surface area contributed by atoms with Gasteiger partial charge in [-0.3, -0.25) is 10.1 Å². The number of rotatable bonds is 4. The number of nitrogens with two attached hydrogens (primary N) is 1. The zero-order chi connectivity index (χ0) is 22.1. The fraction of sp³-hybridized carbons (Fsp3) is 0.292. The van der Waals surface area contributed by atoms with Crippen LogP contribution in [-0.2, 0) is 0 Å². The predicted molar refractivity (Wildman–Crippen MR) is 123 cm³/mol. The summed E-state index contributed by atoms with van der Waals surface area (Å²) in [5.41, 5.74) is 14.8. The highest BCUT2D eigenvalue weighted by molar-refractivity contribution is 6.15. The number of nitrogens with one attached hydrogen (secondary N) is 2. The van der Waals surface area contributed by atoms with Crippen molar-refractivity contribution >= 4 is 21.8 Å². The third-order valence-corrected chi connectivity index (χ3v) is 6.54. The Morgan fingerprint density at radius 2 is 1.97 bits per heavy atom. The Balaban J connectivity index is 1.64. The molecule has 4 aromatic heterocycles. The van der Waals surface area contributed by atoms with Crippen LogP contribution in [0.4, 0.5) is 0 Å². The summed E-state index contributed by atoms with van der Waals surface area (Å²) in [5.74, 6) is 1.80. The molecule has 0 aliphatic heterocycles. The highest BCUT2D eigenvalue weighted by atomic mass is 16.5. The molecule has 0 spiro atoms. The molecular formula is C24H24N6O2. The summed E-state index contributed by atoms with van der Waals surface area (Å²) >= 11 is 0. The SMILES string of the molecule is COc1cc2c(cc1-c1c(C)noc1C)[nH]c1ccnc(-c3c(C4CC4N)n[nH]c3C)c12. The first-order valence-electron chi connectivity index (χ1n) is 10.7. The van der Waals surface area contributed by atoms with Gasteiger partial charge in [0.1, 0.15) is 11.5 Å². The lowest BCUT2D eigenvalue weighted by molar-refractivity contribution is 0.393. The van der Waals surface area contributed by atoms with Gasteiger partial charge < -0.3 is 20.0 Å². The van der Waals surface area contributed by atoms with E-state index in [1.165, 1.54) is 0 Å². The summed E-state index contributed by atoms with van der Waals surface area (Å²) in [6, 6.07) is 6.33. The van der Waals surface area contributed by atoms with Gasteiger partial charge in [0.25, 0.3) is 0 Å². The molecule has 1 fully saturated rings. The number of ether oxygens (including phenoxy) is 1. The second-order valence-corrected chi connectivity index (χ2v) is 8.62. The van der Waals surface area contributed by atoms with Crippen molar-refractivity contribution in [2.45, 2.75) is 39.2 Å². The van der Waals surface area contributed by atoms with Crippen molar-refractivity contribution in [2.24, 2.45) is 5.73 Å². The van der Waals surface area contributed by atoms with E-state index in [-0.39, 0.29) is 12.0 Å². The van der Waals surface area contributed by atoms with E-state index in [4.69, 9.17) is 20.0 Å². The van der Waals surface area contributed by atoms with E-state index in [1.807, 2.05) is 33.0 Å². The van der Waals surface area contributed by atoms with Gasteiger partial charge >= 0.3 is 0 Å². The van der Waals surface area contributed by atoms with Crippen LogP contribution >= 0.6 is 0 Å². The van der Waals surface area contributed by atoms with Crippen LogP contribution in [0.2, 0.25) is 0 Å². The molecule has 1 aliphatic carbocycles. The van der Waals surface area contributed by atoms with Crippen LogP contribution in [0, 0.1) is 20.8 Å². The van der Waals surface area contributed by atoms with Crippen molar-refractivity contribution in [3.05, 3.63) is 47.2 Å². The van der Waals surface area contributed by atoms with Crippen LogP contribution in [0.5, 0.6) is 5.75 Å². The predicted octanol–water partition coefficient (Wildman–Crippen LogP) is 4.51. The molecule has 4 heterocycles. The quantitative estimate of drug-likeness (QED) is 0.387. The fourth-order valence-electron chi connectivity index (χ4n) is 4.84. The van der Waals surface area contributed by atoms with Gasteiger partial charge in [-0.25, -0.2) is 0 Å². The third-order valence-electron chi connectivity index (χ3n) is 6.54. The molecule has 0 amide bonds. The second kappa shape index (κ2) is 6.67. The molecule has 32 heavy (non-hydrogen) atoms. The minimum Gasteiger partial charge on any atom is -0.496 e. The Bertz CT molecular complexity index is 1490. The Labute approximate surface area is 184 Å².